The number of nitrogens with zero attached hydrogens (tertiary/aromatic N) is 3. The number of carbonyl (C=O) groups excluding carboxylic acids is 2. The Morgan fingerprint density at radius 2 is 1.80 bits per heavy atom. The van der Waals surface area contributed by atoms with Gasteiger partial charge in [0, 0.05) is 38.5 Å². The summed E-state index contributed by atoms with van der Waals surface area (Å²) in [6.45, 7) is 9.04. The van der Waals surface area contributed by atoms with E-state index in [1.807, 2.05) is 4.68 Å². The molecular weight excluding hydrogens is 516 g/mol. The summed E-state index contributed by atoms with van der Waals surface area (Å²) in [5.41, 5.74) is 10.8. The highest BCUT2D eigenvalue weighted by molar-refractivity contribution is 5.86. The van der Waals surface area contributed by atoms with Gasteiger partial charge in [-0.3, -0.25) is 9.59 Å². The van der Waals surface area contributed by atoms with Gasteiger partial charge in [0.1, 0.15) is 17.6 Å². The minimum Gasteiger partial charge on any atom is -0.508 e. The molecule has 0 radical (unpaired) electrons. The molecule has 0 fully saturated rings. The standard InChI is InChI=1S/C32H42N6O3/c1-32(2,3)24-9-11-25(12-10-24)38-29(21-27(36-38)23-15-18-37(4)19-16-23)34-17-5-6-30(40)35-28(31(33)41)20-22-7-13-26(39)14-8-22/h7-15,21,28,34,39H,5-6,16-20H2,1-4H3,(H2,33,41)(H,35,40)/t28-/m0/s1. The van der Waals surface area contributed by atoms with Crippen molar-refractivity contribution in [1.29, 1.82) is 0 Å². The number of nitrogens with one attached hydrogen (secondary N) is 2. The highest BCUT2D eigenvalue weighted by Gasteiger charge is 2.20. The number of carbonyl (C=O) groups is 2. The lowest BCUT2D eigenvalue weighted by molar-refractivity contribution is -0.127. The number of hydrogen-bond acceptors (Lipinski definition) is 6. The molecule has 41 heavy (non-hydrogen) atoms. The van der Waals surface area contributed by atoms with Crippen molar-refractivity contribution in [2.75, 3.05) is 32.0 Å². The van der Waals surface area contributed by atoms with E-state index in [1.54, 1.807) is 24.3 Å². The van der Waals surface area contributed by atoms with Crippen molar-refractivity contribution < 1.29 is 14.7 Å². The normalized spacial score (nSPS) is 14.8. The van der Waals surface area contributed by atoms with Gasteiger partial charge in [-0.15, -0.1) is 0 Å². The second-order valence-electron chi connectivity index (χ2n) is 11.8. The average Bonchev–Trinajstić information content (AvgIpc) is 3.36. The summed E-state index contributed by atoms with van der Waals surface area (Å²) in [6, 6.07) is 16.2. The quantitative estimate of drug-likeness (QED) is 0.264. The summed E-state index contributed by atoms with van der Waals surface area (Å²) in [7, 11) is 2.12. The highest BCUT2D eigenvalue weighted by Crippen LogP contribution is 2.28. The van der Waals surface area contributed by atoms with Crippen LogP contribution >= 0.6 is 0 Å². The highest BCUT2D eigenvalue weighted by atomic mass is 16.3. The van der Waals surface area contributed by atoms with Crippen molar-refractivity contribution in [3.63, 3.8) is 0 Å². The van der Waals surface area contributed by atoms with Crippen LogP contribution in [0.3, 0.4) is 0 Å². The molecule has 0 unspecified atom stereocenters. The number of phenols is 1. The third-order valence-corrected chi connectivity index (χ3v) is 7.37. The third kappa shape index (κ3) is 8.20. The smallest absolute Gasteiger partial charge is 0.240 e. The lowest BCUT2D eigenvalue weighted by Gasteiger charge is -2.20. The van der Waals surface area contributed by atoms with Gasteiger partial charge >= 0.3 is 0 Å². The fourth-order valence-corrected chi connectivity index (χ4v) is 4.79. The molecule has 2 heterocycles. The number of nitrogens with two attached hydrogens (primary N) is 1. The lowest BCUT2D eigenvalue weighted by Crippen LogP contribution is -2.45. The Morgan fingerprint density at radius 3 is 2.41 bits per heavy atom. The van der Waals surface area contributed by atoms with Crippen LogP contribution in [0.4, 0.5) is 5.82 Å². The maximum Gasteiger partial charge on any atom is 0.240 e. The summed E-state index contributed by atoms with van der Waals surface area (Å²) < 4.78 is 1.93. The summed E-state index contributed by atoms with van der Waals surface area (Å²) in [4.78, 5) is 26.9. The summed E-state index contributed by atoms with van der Waals surface area (Å²) in [5, 5.41) is 20.6. The van der Waals surface area contributed by atoms with E-state index in [4.69, 9.17) is 10.8 Å². The second-order valence-corrected chi connectivity index (χ2v) is 11.8. The number of anilines is 1. The first-order valence-corrected chi connectivity index (χ1v) is 14.2. The number of primary amides is 1. The molecule has 0 aliphatic carbocycles. The monoisotopic (exact) mass is 558 g/mol. The Morgan fingerprint density at radius 1 is 1.10 bits per heavy atom. The Kier molecular flexibility index (Phi) is 9.50. The van der Waals surface area contributed by atoms with Gasteiger partial charge in [-0.25, -0.2) is 4.68 Å². The van der Waals surface area contributed by atoms with Crippen molar-refractivity contribution in [2.45, 2.75) is 57.9 Å². The van der Waals surface area contributed by atoms with Gasteiger partial charge < -0.3 is 26.4 Å². The molecule has 9 nitrogen and oxygen atoms in total. The molecule has 9 heteroatoms. The predicted molar refractivity (Wildman–Crippen MR) is 163 cm³/mol. The number of aromatic hydroxyl groups is 1. The van der Waals surface area contributed by atoms with Crippen molar-refractivity contribution in [1.82, 2.24) is 20.0 Å². The molecule has 2 aromatic carbocycles. The van der Waals surface area contributed by atoms with E-state index in [0.717, 1.165) is 42.3 Å². The topological polar surface area (TPSA) is 126 Å². The molecule has 1 atom stereocenters. The van der Waals surface area contributed by atoms with E-state index in [1.165, 1.54) is 11.1 Å². The van der Waals surface area contributed by atoms with E-state index in [9.17, 15) is 14.7 Å². The SMILES string of the molecule is CN1CC=C(c2cc(NCCCC(=O)N[C@@H](Cc3ccc(O)cc3)C(N)=O)n(-c3ccc(C(C)(C)C)cc3)n2)CC1. The Hall–Kier alpha value is -4.11. The Labute approximate surface area is 242 Å². The minimum atomic E-state index is -0.817. The summed E-state index contributed by atoms with van der Waals surface area (Å²) in [6.07, 6.45) is 4.25. The number of aromatic nitrogens is 2. The summed E-state index contributed by atoms with van der Waals surface area (Å²) >= 11 is 0. The molecule has 2 amide bonds. The first-order valence-electron chi connectivity index (χ1n) is 14.2. The van der Waals surface area contributed by atoms with E-state index in [2.05, 4.69) is 79.8 Å². The minimum absolute atomic E-state index is 0.0615. The fourth-order valence-electron chi connectivity index (χ4n) is 4.79. The maximum absolute atomic E-state index is 12.6. The molecule has 3 aromatic rings. The van der Waals surface area contributed by atoms with Gasteiger partial charge in [-0.05, 0) is 66.3 Å². The number of likely N-dealkylation sites (N-methyl/N-ethyl adjacent to an activating group) is 1. The third-order valence-electron chi connectivity index (χ3n) is 7.37. The zero-order valence-corrected chi connectivity index (χ0v) is 24.5. The van der Waals surface area contributed by atoms with E-state index >= 15 is 0 Å². The first kappa shape index (κ1) is 29.9. The summed E-state index contributed by atoms with van der Waals surface area (Å²) in [5.74, 6) is 0.171. The van der Waals surface area contributed by atoms with Crippen LogP contribution in [0.2, 0.25) is 0 Å². The van der Waals surface area contributed by atoms with E-state index in [-0.39, 0.29) is 29.9 Å². The van der Waals surface area contributed by atoms with Gasteiger partial charge in [-0.2, -0.15) is 5.10 Å². The van der Waals surface area contributed by atoms with Gasteiger partial charge in [0.2, 0.25) is 11.8 Å². The van der Waals surface area contributed by atoms with Crippen LogP contribution in [-0.4, -0.2) is 64.3 Å². The molecule has 1 aliphatic heterocycles. The van der Waals surface area contributed by atoms with Crippen molar-refractivity contribution in [2.24, 2.45) is 5.73 Å². The zero-order chi connectivity index (χ0) is 29.6. The second kappa shape index (κ2) is 13.0. The number of benzene rings is 2. The van der Waals surface area contributed by atoms with Crippen LogP contribution < -0.4 is 16.4 Å². The molecular formula is C32H42N6O3. The Bertz CT molecular complexity index is 1370. The van der Waals surface area contributed by atoms with Crippen LogP contribution in [-0.2, 0) is 21.4 Å². The van der Waals surface area contributed by atoms with Crippen molar-refractivity contribution >= 4 is 23.2 Å². The van der Waals surface area contributed by atoms with Gasteiger partial charge in [-0.1, -0.05) is 51.1 Å². The lowest BCUT2D eigenvalue weighted by atomic mass is 9.87. The molecule has 0 spiro atoms. The molecule has 218 valence electrons. The fraction of sp³-hybridized carbons (Fsp3) is 0.406. The zero-order valence-electron chi connectivity index (χ0n) is 24.5. The average molecular weight is 559 g/mol. The number of rotatable bonds is 11. The van der Waals surface area contributed by atoms with Crippen LogP contribution in [0.15, 0.2) is 60.7 Å². The van der Waals surface area contributed by atoms with Crippen LogP contribution in [0.25, 0.3) is 11.3 Å². The Balaban J connectivity index is 1.40. The van der Waals surface area contributed by atoms with E-state index < -0.39 is 11.9 Å². The molecule has 5 N–H and O–H groups in total. The van der Waals surface area contributed by atoms with Crippen molar-refractivity contribution in [3.05, 3.63) is 77.5 Å². The molecule has 0 saturated carbocycles. The number of amides is 2. The van der Waals surface area contributed by atoms with Gasteiger partial charge in [0.15, 0.2) is 0 Å². The number of phenolic OH excluding ortho intramolecular Hbond substituents is 1. The van der Waals surface area contributed by atoms with Crippen LogP contribution in [0.1, 0.15) is 56.9 Å². The van der Waals surface area contributed by atoms with Crippen LogP contribution in [0.5, 0.6) is 5.75 Å². The largest absolute Gasteiger partial charge is 0.508 e. The first-order chi connectivity index (χ1) is 19.5. The molecule has 1 aliphatic rings. The number of hydrogen-bond donors (Lipinski definition) is 4. The van der Waals surface area contributed by atoms with Gasteiger partial charge in [0.05, 0.1) is 11.4 Å². The van der Waals surface area contributed by atoms with Crippen LogP contribution in [0, 0.1) is 0 Å². The van der Waals surface area contributed by atoms with E-state index in [0.29, 0.717) is 13.0 Å². The molecule has 0 saturated heterocycles. The predicted octanol–water partition coefficient (Wildman–Crippen LogP) is 4.00. The molecule has 1 aromatic heterocycles. The van der Waals surface area contributed by atoms with Gasteiger partial charge in [0.25, 0.3) is 0 Å². The van der Waals surface area contributed by atoms with Crippen molar-refractivity contribution in [3.8, 4) is 11.4 Å². The molecule has 4 rings (SSSR count). The molecule has 0 bridgehead atoms. The maximum atomic E-state index is 12.6.